The molecule has 1 heterocycles. The summed E-state index contributed by atoms with van der Waals surface area (Å²) < 4.78 is 9.48. The summed E-state index contributed by atoms with van der Waals surface area (Å²) in [6.07, 6.45) is 4.98. The Hall–Kier alpha value is -1.25. The van der Waals surface area contributed by atoms with Gasteiger partial charge < -0.3 is 9.47 Å². The summed E-state index contributed by atoms with van der Waals surface area (Å²) in [5, 5.41) is 0.322. The number of terminal acetylenes is 1. The van der Waals surface area contributed by atoms with E-state index in [0.29, 0.717) is 0 Å². The van der Waals surface area contributed by atoms with Crippen molar-refractivity contribution in [1.29, 1.82) is 0 Å². The molecular formula is C8H6ClNO3S. The van der Waals surface area contributed by atoms with Gasteiger partial charge in [-0.05, 0) is 0 Å². The van der Waals surface area contributed by atoms with E-state index < -0.39 is 5.97 Å². The highest BCUT2D eigenvalue weighted by atomic mass is 35.5. The topological polar surface area (TPSA) is 48.4 Å². The van der Waals surface area contributed by atoms with Crippen LogP contribution < -0.4 is 4.74 Å². The van der Waals surface area contributed by atoms with E-state index in [9.17, 15) is 4.79 Å². The van der Waals surface area contributed by atoms with Gasteiger partial charge in [0.25, 0.3) is 5.19 Å². The van der Waals surface area contributed by atoms with Crippen molar-refractivity contribution < 1.29 is 14.3 Å². The number of halogens is 1. The Labute approximate surface area is 89.8 Å². The number of hydrogen-bond acceptors (Lipinski definition) is 5. The van der Waals surface area contributed by atoms with E-state index in [1.165, 1.54) is 7.11 Å². The highest BCUT2D eigenvalue weighted by molar-refractivity contribution is 7.15. The van der Waals surface area contributed by atoms with Crippen molar-refractivity contribution in [2.45, 2.75) is 0 Å². The highest BCUT2D eigenvalue weighted by Gasteiger charge is 2.17. The van der Waals surface area contributed by atoms with Gasteiger partial charge in [-0.1, -0.05) is 28.9 Å². The summed E-state index contributed by atoms with van der Waals surface area (Å²) >= 11 is 6.66. The van der Waals surface area contributed by atoms with E-state index in [0.717, 1.165) is 11.3 Å². The Morgan fingerprint density at radius 3 is 3.07 bits per heavy atom. The largest absolute Gasteiger partial charge is 0.465 e. The van der Waals surface area contributed by atoms with Crippen LogP contribution in [0.15, 0.2) is 0 Å². The Kier molecular flexibility index (Phi) is 3.74. The minimum absolute atomic E-state index is 0.0638. The van der Waals surface area contributed by atoms with Crippen LogP contribution in [0.5, 0.6) is 5.19 Å². The van der Waals surface area contributed by atoms with Crippen LogP contribution in [0.25, 0.3) is 0 Å². The molecule has 74 valence electrons. The first-order valence-electron chi connectivity index (χ1n) is 3.50. The van der Waals surface area contributed by atoms with Gasteiger partial charge in [-0.25, -0.2) is 4.79 Å². The van der Waals surface area contributed by atoms with Crippen LogP contribution in [-0.2, 0) is 4.74 Å². The Balaban J connectivity index is 2.83. The van der Waals surface area contributed by atoms with Gasteiger partial charge in [0, 0.05) is 0 Å². The number of hydrogen-bond donors (Lipinski definition) is 0. The molecule has 0 atom stereocenters. The summed E-state index contributed by atoms with van der Waals surface area (Å²) in [6.45, 7) is 0.0878. The Bertz CT molecular complexity index is 382. The van der Waals surface area contributed by atoms with Gasteiger partial charge in [0.05, 0.1) is 7.11 Å². The molecule has 14 heavy (non-hydrogen) atoms. The number of ether oxygens (including phenoxy) is 2. The van der Waals surface area contributed by atoms with Crippen LogP contribution in [-0.4, -0.2) is 24.7 Å². The molecule has 0 aromatic carbocycles. The molecule has 0 fully saturated rings. The molecule has 0 aliphatic heterocycles. The SMILES string of the molecule is C#CCOc1nc(Cl)c(C(=O)OC)s1. The first-order chi connectivity index (χ1) is 6.69. The summed E-state index contributed by atoms with van der Waals surface area (Å²) in [5.74, 6) is 1.73. The molecular weight excluding hydrogens is 226 g/mol. The molecule has 1 aromatic rings. The van der Waals surface area contributed by atoms with Crippen LogP contribution in [0, 0.1) is 12.3 Å². The quantitative estimate of drug-likeness (QED) is 0.586. The van der Waals surface area contributed by atoms with Gasteiger partial charge in [0.2, 0.25) is 0 Å². The van der Waals surface area contributed by atoms with Gasteiger partial charge in [-0.2, -0.15) is 4.98 Å². The van der Waals surface area contributed by atoms with Crippen LogP contribution in [0.1, 0.15) is 9.67 Å². The number of carbonyl (C=O) groups is 1. The second-order valence-electron chi connectivity index (χ2n) is 2.08. The molecule has 0 bridgehead atoms. The van der Waals surface area contributed by atoms with Crippen molar-refractivity contribution in [3.63, 3.8) is 0 Å². The number of aromatic nitrogens is 1. The van der Waals surface area contributed by atoms with E-state index >= 15 is 0 Å². The molecule has 0 N–H and O–H groups in total. The molecule has 0 aliphatic carbocycles. The fourth-order valence-corrected chi connectivity index (χ4v) is 1.71. The normalized spacial score (nSPS) is 9.21. The zero-order chi connectivity index (χ0) is 10.6. The molecule has 0 radical (unpaired) electrons. The zero-order valence-corrected chi connectivity index (χ0v) is 8.82. The standard InChI is InChI=1S/C8H6ClNO3S/c1-3-4-13-8-10-6(9)5(14-8)7(11)12-2/h1H,4H2,2H3. The van der Waals surface area contributed by atoms with Crippen molar-refractivity contribution in [2.24, 2.45) is 0 Å². The smallest absolute Gasteiger partial charge is 0.351 e. The summed E-state index contributed by atoms with van der Waals surface area (Å²) in [4.78, 5) is 15.1. The average molecular weight is 232 g/mol. The molecule has 4 nitrogen and oxygen atoms in total. The summed E-state index contributed by atoms with van der Waals surface area (Å²) in [5.41, 5.74) is 0. The third kappa shape index (κ3) is 2.37. The summed E-state index contributed by atoms with van der Waals surface area (Å²) in [7, 11) is 1.26. The number of thiazole rings is 1. The molecule has 1 rings (SSSR count). The number of nitrogens with zero attached hydrogens (tertiary/aromatic N) is 1. The molecule has 0 unspecified atom stereocenters. The van der Waals surface area contributed by atoms with Crippen molar-refractivity contribution in [1.82, 2.24) is 4.98 Å². The fourth-order valence-electron chi connectivity index (χ4n) is 0.667. The second-order valence-corrected chi connectivity index (χ2v) is 3.40. The van der Waals surface area contributed by atoms with E-state index in [1.807, 2.05) is 0 Å². The monoisotopic (exact) mass is 231 g/mol. The van der Waals surface area contributed by atoms with E-state index in [4.69, 9.17) is 22.8 Å². The minimum Gasteiger partial charge on any atom is -0.465 e. The van der Waals surface area contributed by atoms with Crippen LogP contribution >= 0.6 is 22.9 Å². The Morgan fingerprint density at radius 2 is 2.50 bits per heavy atom. The predicted molar refractivity (Wildman–Crippen MR) is 52.8 cm³/mol. The Morgan fingerprint density at radius 1 is 1.79 bits per heavy atom. The lowest BCUT2D eigenvalue weighted by atomic mass is 10.6. The number of carbonyl (C=O) groups excluding carboxylic acids is 1. The zero-order valence-electron chi connectivity index (χ0n) is 7.24. The van der Waals surface area contributed by atoms with E-state index in [-0.39, 0.29) is 21.8 Å². The van der Waals surface area contributed by atoms with Crippen LogP contribution in [0.3, 0.4) is 0 Å². The third-order valence-electron chi connectivity index (χ3n) is 1.22. The maximum Gasteiger partial charge on any atom is 0.351 e. The molecule has 0 spiro atoms. The van der Waals surface area contributed by atoms with Crippen LogP contribution in [0.4, 0.5) is 0 Å². The minimum atomic E-state index is -0.539. The second kappa shape index (κ2) is 4.84. The van der Waals surface area contributed by atoms with E-state index in [2.05, 4.69) is 15.6 Å². The summed E-state index contributed by atoms with van der Waals surface area (Å²) in [6, 6.07) is 0. The van der Waals surface area contributed by atoms with Crippen molar-refractivity contribution >= 4 is 28.9 Å². The maximum absolute atomic E-state index is 11.1. The van der Waals surface area contributed by atoms with Gasteiger partial charge in [-0.3, -0.25) is 0 Å². The fraction of sp³-hybridized carbons (Fsp3) is 0.250. The number of methoxy groups -OCH3 is 1. The lowest BCUT2D eigenvalue weighted by Crippen LogP contribution is -1.98. The van der Waals surface area contributed by atoms with E-state index in [1.54, 1.807) is 0 Å². The molecule has 0 aliphatic rings. The molecule has 0 amide bonds. The maximum atomic E-state index is 11.1. The van der Waals surface area contributed by atoms with Gasteiger partial charge in [0.1, 0.15) is 0 Å². The lowest BCUT2D eigenvalue weighted by Gasteiger charge is -1.93. The third-order valence-corrected chi connectivity index (χ3v) is 2.55. The lowest BCUT2D eigenvalue weighted by molar-refractivity contribution is 0.0606. The highest BCUT2D eigenvalue weighted by Crippen LogP contribution is 2.28. The van der Waals surface area contributed by atoms with Gasteiger partial charge in [0.15, 0.2) is 16.6 Å². The van der Waals surface area contributed by atoms with Crippen molar-refractivity contribution in [2.75, 3.05) is 13.7 Å². The van der Waals surface area contributed by atoms with Gasteiger partial charge in [-0.15, -0.1) is 6.42 Å². The van der Waals surface area contributed by atoms with Crippen molar-refractivity contribution in [3.8, 4) is 17.5 Å². The molecule has 1 aromatic heterocycles. The number of esters is 1. The molecule has 0 saturated heterocycles. The van der Waals surface area contributed by atoms with Gasteiger partial charge >= 0.3 is 5.97 Å². The first-order valence-corrected chi connectivity index (χ1v) is 4.69. The number of rotatable bonds is 3. The molecule has 6 heteroatoms. The average Bonchev–Trinajstić information content (AvgIpc) is 2.55. The van der Waals surface area contributed by atoms with Crippen molar-refractivity contribution in [3.05, 3.63) is 10.0 Å². The first kappa shape index (κ1) is 10.8. The predicted octanol–water partition coefficient (Wildman–Crippen LogP) is 1.60. The van der Waals surface area contributed by atoms with Crippen LogP contribution in [0.2, 0.25) is 5.15 Å². The molecule has 0 saturated carbocycles.